The van der Waals surface area contributed by atoms with Crippen LogP contribution < -0.4 is 0 Å². The van der Waals surface area contributed by atoms with E-state index in [-0.39, 0.29) is 0 Å². The predicted molar refractivity (Wildman–Crippen MR) is 89.4 cm³/mol. The quantitative estimate of drug-likeness (QED) is 0.385. The van der Waals surface area contributed by atoms with Crippen LogP contribution in [0.1, 0.15) is 71.6 Å². The van der Waals surface area contributed by atoms with Gasteiger partial charge in [-0.05, 0) is 19.8 Å². The van der Waals surface area contributed by atoms with Crippen molar-refractivity contribution in [3.8, 4) is 0 Å². The summed E-state index contributed by atoms with van der Waals surface area (Å²) in [7, 11) is 1.68. The average Bonchev–Trinajstić information content (AvgIpc) is 2.48. The SMILES string of the molecule is CCCCCCCCCC(=O)C1(COC)C=CCC=C1C. The molecule has 0 amide bonds. The topological polar surface area (TPSA) is 26.3 Å². The standard InChI is InChI=1S/C19H32O2/c1-4-5-6-7-8-9-10-14-18(20)19(16-21-3)15-12-11-13-17(19)2/h12-13,15H,4-11,14,16H2,1-3H3. The summed E-state index contributed by atoms with van der Waals surface area (Å²) in [6.45, 7) is 4.77. The molecule has 0 saturated carbocycles. The van der Waals surface area contributed by atoms with Gasteiger partial charge < -0.3 is 4.74 Å². The van der Waals surface area contributed by atoms with Gasteiger partial charge in [-0.15, -0.1) is 0 Å². The van der Waals surface area contributed by atoms with E-state index in [4.69, 9.17) is 4.74 Å². The molecule has 0 radical (unpaired) electrons. The minimum Gasteiger partial charge on any atom is -0.383 e. The summed E-state index contributed by atoms with van der Waals surface area (Å²) < 4.78 is 5.34. The summed E-state index contributed by atoms with van der Waals surface area (Å²) in [5.41, 5.74) is 0.662. The van der Waals surface area contributed by atoms with Crippen LogP contribution in [-0.4, -0.2) is 19.5 Å². The van der Waals surface area contributed by atoms with E-state index in [9.17, 15) is 4.79 Å². The van der Waals surface area contributed by atoms with Gasteiger partial charge in [0.15, 0.2) is 0 Å². The molecular formula is C19H32O2. The molecule has 0 heterocycles. The van der Waals surface area contributed by atoms with Gasteiger partial charge in [-0.3, -0.25) is 4.79 Å². The number of Topliss-reactive ketones (excluding diaryl/α,β-unsaturated/α-hetero) is 1. The second kappa shape index (κ2) is 9.94. The number of allylic oxidation sites excluding steroid dienone is 2. The third-order valence-corrected chi connectivity index (χ3v) is 4.54. The zero-order valence-corrected chi connectivity index (χ0v) is 14.1. The van der Waals surface area contributed by atoms with Crippen molar-refractivity contribution in [1.29, 1.82) is 0 Å². The van der Waals surface area contributed by atoms with E-state index in [1.807, 2.05) is 0 Å². The first-order valence-corrected chi connectivity index (χ1v) is 8.54. The van der Waals surface area contributed by atoms with E-state index >= 15 is 0 Å². The van der Waals surface area contributed by atoms with Gasteiger partial charge in [-0.2, -0.15) is 0 Å². The molecule has 2 nitrogen and oxygen atoms in total. The van der Waals surface area contributed by atoms with Crippen LogP contribution >= 0.6 is 0 Å². The molecule has 0 aromatic carbocycles. The maximum absolute atomic E-state index is 12.7. The summed E-state index contributed by atoms with van der Waals surface area (Å²) in [5.74, 6) is 0.322. The Morgan fingerprint density at radius 3 is 2.48 bits per heavy atom. The molecule has 0 aromatic rings. The van der Waals surface area contributed by atoms with Crippen LogP contribution in [-0.2, 0) is 9.53 Å². The number of ketones is 1. The van der Waals surface area contributed by atoms with Crippen LogP contribution in [0.25, 0.3) is 0 Å². The van der Waals surface area contributed by atoms with Gasteiger partial charge in [0, 0.05) is 13.5 Å². The molecule has 1 atom stereocenters. The summed E-state index contributed by atoms with van der Waals surface area (Å²) in [6, 6.07) is 0. The summed E-state index contributed by atoms with van der Waals surface area (Å²) >= 11 is 0. The van der Waals surface area contributed by atoms with Crippen molar-refractivity contribution >= 4 is 5.78 Å². The van der Waals surface area contributed by atoms with Gasteiger partial charge in [-0.1, -0.05) is 69.2 Å². The molecule has 21 heavy (non-hydrogen) atoms. The second-order valence-electron chi connectivity index (χ2n) is 6.22. The molecule has 120 valence electrons. The zero-order valence-electron chi connectivity index (χ0n) is 14.1. The number of ether oxygens (including phenoxy) is 1. The van der Waals surface area contributed by atoms with E-state index in [0.29, 0.717) is 18.8 Å². The molecule has 1 aliphatic carbocycles. The van der Waals surface area contributed by atoms with Gasteiger partial charge in [0.25, 0.3) is 0 Å². The first kappa shape index (κ1) is 18.2. The van der Waals surface area contributed by atoms with Crippen molar-refractivity contribution < 1.29 is 9.53 Å². The summed E-state index contributed by atoms with van der Waals surface area (Å²) in [4.78, 5) is 12.7. The fourth-order valence-electron chi connectivity index (χ4n) is 3.08. The third kappa shape index (κ3) is 5.43. The van der Waals surface area contributed by atoms with Crippen LogP contribution in [0.3, 0.4) is 0 Å². The molecule has 0 spiro atoms. The Bertz CT molecular complexity index is 368. The van der Waals surface area contributed by atoms with E-state index in [1.165, 1.54) is 38.5 Å². The van der Waals surface area contributed by atoms with Crippen molar-refractivity contribution in [2.75, 3.05) is 13.7 Å². The fraction of sp³-hybridized carbons (Fsp3) is 0.737. The second-order valence-corrected chi connectivity index (χ2v) is 6.22. The molecule has 1 aliphatic rings. The lowest BCUT2D eigenvalue weighted by Gasteiger charge is -2.32. The van der Waals surface area contributed by atoms with E-state index in [0.717, 1.165) is 18.4 Å². The number of unbranched alkanes of at least 4 members (excludes halogenated alkanes) is 6. The van der Waals surface area contributed by atoms with Crippen LogP contribution in [0.2, 0.25) is 0 Å². The number of rotatable bonds is 11. The largest absolute Gasteiger partial charge is 0.383 e. The molecule has 0 saturated heterocycles. The molecule has 0 aromatic heterocycles. The van der Waals surface area contributed by atoms with Crippen LogP contribution in [0, 0.1) is 5.41 Å². The van der Waals surface area contributed by atoms with Gasteiger partial charge in [0.2, 0.25) is 0 Å². The molecule has 0 fully saturated rings. The van der Waals surface area contributed by atoms with Gasteiger partial charge >= 0.3 is 0 Å². The highest BCUT2D eigenvalue weighted by molar-refractivity contribution is 5.90. The first-order chi connectivity index (χ1) is 10.2. The van der Waals surface area contributed by atoms with Gasteiger partial charge in [0.1, 0.15) is 5.78 Å². The van der Waals surface area contributed by atoms with E-state index < -0.39 is 5.41 Å². The fourth-order valence-corrected chi connectivity index (χ4v) is 3.08. The highest BCUT2D eigenvalue weighted by atomic mass is 16.5. The molecule has 2 heteroatoms. The Morgan fingerprint density at radius 1 is 1.19 bits per heavy atom. The minimum absolute atomic E-state index is 0.322. The monoisotopic (exact) mass is 292 g/mol. The first-order valence-electron chi connectivity index (χ1n) is 8.54. The van der Waals surface area contributed by atoms with Gasteiger partial charge in [0.05, 0.1) is 12.0 Å². The van der Waals surface area contributed by atoms with Crippen molar-refractivity contribution in [2.24, 2.45) is 5.41 Å². The van der Waals surface area contributed by atoms with E-state index in [2.05, 4.69) is 32.1 Å². The molecule has 1 unspecified atom stereocenters. The maximum Gasteiger partial charge on any atom is 0.149 e. The Hall–Kier alpha value is -0.890. The minimum atomic E-state index is -0.491. The Labute approximate surface area is 130 Å². The van der Waals surface area contributed by atoms with Crippen molar-refractivity contribution in [2.45, 2.75) is 71.6 Å². The van der Waals surface area contributed by atoms with Crippen molar-refractivity contribution in [1.82, 2.24) is 0 Å². The van der Waals surface area contributed by atoms with E-state index in [1.54, 1.807) is 7.11 Å². The summed E-state index contributed by atoms with van der Waals surface area (Å²) in [6.07, 6.45) is 16.6. The molecule has 0 N–H and O–H groups in total. The van der Waals surface area contributed by atoms with Gasteiger partial charge in [-0.25, -0.2) is 0 Å². The number of hydrogen-bond donors (Lipinski definition) is 0. The van der Waals surface area contributed by atoms with Crippen LogP contribution in [0.5, 0.6) is 0 Å². The Balaban J connectivity index is 2.39. The lowest BCUT2D eigenvalue weighted by molar-refractivity contribution is -0.127. The van der Waals surface area contributed by atoms with Crippen LogP contribution in [0.4, 0.5) is 0 Å². The predicted octanol–water partition coefficient (Wildman–Crippen LogP) is 5.24. The van der Waals surface area contributed by atoms with Crippen molar-refractivity contribution in [3.63, 3.8) is 0 Å². The molecule has 1 rings (SSSR count). The smallest absolute Gasteiger partial charge is 0.149 e. The average molecular weight is 292 g/mol. The van der Waals surface area contributed by atoms with Crippen LogP contribution in [0.15, 0.2) is 23.8 Å². The zero-order chi connectivity index (χ0) is 15.6. The maximum atomic E-state index is 12.7. The normalized spacial score (nSPS) is 21.4. The molecule has 0 aliphatic heterocycles. The Kier molecular flexibility index (Phi) is 8.60. The lowest BCUT2D eigenvalue weighted by atomic mass is 9.73. The van der Waals surface area contributed by atoms with Crippen molar-refractivity contribution in [3.05, 3.63) is 23.8 Å². The number of hydrogen-bond acceptors (Lipinski definition) is 2. The summed E-state index contributed by atoms with van der Waals surface area (Å²) in [5, 5.41) is 0. The lowest BCUT2D eigenvalue weighted by Crippen LogP contribution is -2.36. The molecule has 0 bridgehead atoms. The number of carbonyl (C=O) groups excluding carboxylic acids is 1. The third-order valence-electron chi connectivity index (χ3n) is 4.54. The highest BCUT2D eigenvalue weighted by Gasteiger charge is 2.37. The molecular weight excluding hydrogens is 260 g/mol. The number of carbonyl (C=O) groups is 1. The highest BCUT2D eigenvalue weighted by Crippen LogP contribution is 2.35. The number of methoxy groups -OCH3 is 1. The Morgan fingerprint density at radius 2 is 1.86 bits per heavy atom.